The summed E-state index contributed by atoms with van der Waals surface area (Å²) in [6.45, 7) is 17.0. The van der Waals surface area contributed by atoms with Gasteiger partial charge in [-0.15, -0.1) is 0 Å². The lowest BCUT2D eigenvalue weighted by atomic mass is 9.81. The number of fused-ring (bicyclic) bond motifs is 1. The van der Waals surface area contributed by atoms with Gasteiger partial charge >= 0.3 is 0 Å². The van der Waals surface area contributed by atoms with Crippen LogP contribution in [0.15, 0.2) is 24.4 Å². The van der Waals surface area contributed by atoms with Gasteiger partial charge in [0.15, 0.2) is 11.5 Å². The van der Waals surface area contributed by atoms with Crippen molar-refractivity contribution < 1.29 is 13.6 Å². The predicted molar refractivity (Wildman–Crippen MR) is 124 cm³/mol. The van der Waals surface area contributed by atoms with E-state index in [-0.39, 0.29) is 27.6 Å². The fourth-order valence-corrected chi connectivity index (χ4v) is 4.20. The van der Waals surface area contributed by atoms with E-state index in [4.69, 9.17) is 4.98 Å². The summed E-state index contributed by atoms with van der Waals surface area (Å²) in [5.74, 6) is -1.29. The summed E-state index contributed by atoms with van der Waals surface area (Å²) in [5, 5.41) is 9.23. The van der Waals surface area contributed by atoms with Gasteiger partial charge in [0.1, 0.15) is 17.2 Å². The largest absolute Gasteiger partial charge is 0.364 e. The maximum atomic E-state index is 14.0. The van der Waals surface area contributed by atoms with Crippen LogP contribution in [-0.2, 0) is 5.41 Å². The van der Waals surface area contributed by atoms with Crippen molar-refractivity contribution in [1.82, 2.24) is 14.6 Å². The number of imidazole rings is 1. The van der Waals surface area contributed by atoms with Gasteiger partial charge in [-0.05, 0) is 37.8 Å². The van der Waals surface area contributed by atoms with E-state index in [1.807, 2.05) is 0 Å². The highest BCUT2D eigenvalue weighted by Gasteiger charge is 2.32. The fraction of sp³-hybridized carbons (Fsp3) is 0.500. The van der Waals surface area contributed by atoms with Gasteiger partial charge in [-0.2, -0.15) is 0 Å². The zero-order valence-corrected chi connectivity index (χ0v) is 20.1. The maximum absolute atomic E-state index is 14.0. The number of amides is 1. The minimum atomic E-state index is -0.838. The molecule has 1 aromatic carbocycles. The molecule has 0 unspecified atom stereocenters. The van der Waals surface area contributed by atoms with Crippen LogP contribution in [0.1, 0.15) is 77.9 Å². The lowest BCUT2D eigenvalue weighted by Gasteiger charge is -2.34. The predicted octanol–water partition coefficient (Wildman–Crippen LogP) is 6.12. The number of H-pyrrole nitrogens is 1. The fourth-order valence-electron chi connectivity index (χ4n) is 4.20. The second-order valence-electron chi connectivity index (χ2n) is 11.2. The molecule has 0 bridgehead atoms. The highest BCUT2D eigenvalue weighted by molar-refractivity contribution is 6.08. The van der Waals surface area contributed by atoms with Gasteiger partial charge in [-0.1, -0.05) is 41.5 Å². The number of hydrogen-bond donors (Lipinski definition) is 3. The molecule has 0 aliphatic rings. The third kappa shape index (κ3) is 5.11. The monoisotopic (exact) mass is 445 g/mol. The summed E-state index contributed by atoms with van der Waals surface area (Å²) in [6.07, 6.45) is 2.45. The first kappa shape index (κ1) is 23.8. The SMILES string of the molecule is CC(C)(C)CC(C)(C)Nc1c(C(C)(C)C)nc2c(C(=O)Nc3ccc(F)cc3F)c[nH]n12. The Morgan fingerprint density at radius 1 is 1.09 bits per heavy atom. The van der Waals surface area contributed by atoms with Crippen molar-refractivity contribution >= 4 is 23.1 Å². The van der Waals surface area contributed by atoms with Crippen LogP contribution >= 0.6 is 0 Å². The topological polar surface area (TPSA) is 74.2 Å². The minimum Gasteiger partial charge on any atom is -0.364 e. The Morgan fingerprint density at radius 3 is 2.31 bits per heavy atom. The lowest BCUT2D eigenvalue weighted by Crippen LogP contribution is -2.36. The molecular formula is C24H33F2N5O. The summed E-state index contributed by atoms with van der Waals surface area (Å²) in [5.41, 5.74) is 1.01. The van der Waals surface area contributed by atoms with Gasteiger partial charge in [0.2, 0.25) is 0 Å². The van der Waals surface area contributed by atoms with E-state index in [0.29, 0.717) is 5.65 Å². The van der Waals surface area contributed by atoms with Gasteiger partial charge in [-0.25, -0.2) is 18.3 Å². The van der Waals surface area contributed by atoms with Gasteiger partial charge in [-0.3, -0.25) is 9.89 Å². The van der Waals surface area contributed by atoms with Crippen LogP contribution in [0.4, 0.5) is 20.3 Å². The van der Waals surface area contributed by atoms with Crippen LogP contribution in [0.2, 0.25) is 0 Å². The average molecular weight is 446 g/mol. The molecule has 0 saturated carbocycles. The molecule has 0 fully saturated rings. The Labute approximate surface area is 187 Å². The molecule has 0 saturated heterocycles. The molecule has 3 aromatic rings. The van der Waals surface area contributed by atoms with Crippen molar-refractivity contribution in [2.45, 2.75) is 72.8 Å². The standard InChI is InChI=1S/C24H33F2N5O/c1-22(2,3)13-24(7,8)30-20-18(23(4,5)6)29-19-15(12-27-31(19)20)21(32)28-17-10-9-14(25)11-16(17)26/h9-12,27,30H,13H2,1-8H3,(H,28,32). The van der Waals surface area contributed by atoms with E-state index >= 15 is 0 Å². The van der Waals surface area contributed by atoms with Crippen LogP contribution in [-0.4, -0.2) is 26.0 Å². The third-order valence-electron chi connectivity index (χ3n) is 5.02. The highest BCUT2D eigenvalue weighted by atomic mass is 19.1. The molecule has 0 aliphatic heterocycles. The summed E-state index contributed by atoms with van der Waals surface area (Å²) in [4.78, 5) is 17.7. The maximum Gasteiger partial charge on any atom is 0.261 e. The molecule has 174 valence electrons. The Hall–Kier alpha value is -2.90. The number of carbonyl (C=O) groups excluding carboxylic acids is 1. The second kappa shape index (κ2) is 7.90. The van der Waals surface area contributed by atoms with Crippen LogP contribution in [0, 0.1) is 17.0 Å². The Kier molecular flexibility index (Phi) is 5.87. The first-order valence-corrected chi connectivity index (χ1v) is 10.7. The number of benzene rings is 1. The molecule has 8 heteroatoms. The number of nitrogens with zero attached hydrogens (tertiary/aromatic N) is 2. The smallest absolute Gasteiger partial charge is 0.261 e. The minimum absolute atomic E-state index is 0.0944. The molecule has 0 atom stereocenters. The number of halogens is 2. The average Bonchev–Trinajstić information content (AvgIpc) is 3.15. The van der Waals surface area contributed by atoms with E-state index in [2.05, 4.69) is 71.1 Å². The molecule has 2 heterocycles. The zero-order chi connectivity index (χ0) is 24.1. The molecule has 3 N–H and O–H groups in total. The van der Waals surface area contributed by atoms with Crippen molar-refractivity contribution in [1.29, 1.82) is 0 Å². The number of rotatable bonds is 5. The molecule has 0 spiro atoms. The Morgan fingerprint density at radius 2 is 1.75 bits per heavy atom. The van der Waals surface area contributed by atoms with Crippen LogP contribution < -0.4 is 10.6 Å². The van der Waals surface area contributed by atoms with Gasteiger partial charge in [0.25, 0.3) is 5.91 Å². The molecular weight excluding hydrogens is 412 g/mol. The number of aromatic amines is 1. The van der Waals surface area contributed by atoms with E-state index in [1.54, 1.807) is 4.52 Å². The van der Waals surface area contributed by atoms with E-state index in [9.17, 15) is 13.6 Å². The Balaban J connectivity index is 2.02. The molecule has 2 aromatic heterocycles. The summed E-state index contributed by atoms with van der Waals surface area (Å²) < 4.78 is 29.0. The van der Waals surface area contributed by atoms with Gasteiger partial charge < -0.3 is 10.6 Å². The van der Waals surface area contributed by atoms with E-state index in [1.165, 1.54) is 12.3 Å². The lowest BCUT2D eigenvalue weighted by molar-refractivity contribution is 0.102. The van der Waals surface area contributed by atoms with Crippen LogP contribution in [0.3, 0.4) is 0 Å². The third-order valence-corrected chi connectivity index (χ3v) is 5.02. The number of aromatic nitrogens is 3. The number of carbonyl (C=O) groups is 1. The molecule has 32 heavy (non-hydrogen) atoms. The molecule has 3 rings (SSSR count). The van der Waals surface area contributed by atoms with Crippen molar-refractivity contribution in [2.75, 3.05) is 10.6 Å². The van der Waals surface area contributed by atoms with Crippen molar-refractivity contribution in [3.63, 3.8) is 0 Å². The molecule has 1 amide bonds. The summed E-state index contributed by atoms with van der Waals surface area (Å²) >= 11 is 0. The van der Waals surface area contributed by atoms with Crippen molar-refractivity contribution in [3.8, 4) is 0 Å². The van der Waals surface area contributed by atoms with Crippen LogP contribution in [0.25, 0.3) is 5.65 Å². The number of anilines is 2. The molecule has 6 nitrogen and oxygen atoms in total. The first-order chi connectivity index (χ1) is 14.6. The highest BCUT2D eigenvalue weighted by Crippen LogP contribution is 2.35. The molecule has 0 aliphatic carbocycles. The molecule has 0 radical (unpaired) electrons. The summed E-state index contributed by atoms with van der Waals surface area (Å²) in [7, 11) is 0. The number of hydrogen-bond acceptors (Lipinski definition) is 3. The normalized spacial score (nSPS) is 12.9. The van der Waals surface area contributed by atoms with Gasteiger partial charge in [0, 0.05) is 23.2 Å². The Bertz CT molecular complexity index is 1150. The second-order valence-corrected chi connectivity index (χ2v) is 11.2. The first-order valence-electron chi connectivity index (χ1n) is 10.7. The van der Waals surface area contributed by atoms with E-state index in [0.717, 1.165) is 30.1 Å². The summed E-state index contributed by atoms with van der Waals surface area (Å²) in [6, 6.07) is 3.02. The number of nitrogens with one attached hydrogen (secondary N) is 3. The van der Waals surface area contributed by atoms with E-state index < -0.39 is 17.5 Å². The van der Waals surface area contributed by atoms with Crippen molar-refractivity contribution in [3.05, 3.63) is 47.3 Å². The van der Waals surface area contributed by atoms with Gasteiger partial charge in [0.05, 0.1) is 11.4 Å². The quantitative estimate of drug-likeness (QED) is 0.443. The zero-order valence-electron chi connectivity index (χ0n) is 20.1. The van der Waals surface area contributed by atoms with Crippen LogP contribution in [0.5, 0.6) is 0 Å². The van der Waals surface area contributed by atoms with Crippen molar-refractivity contribution in [2.24, 2.45) is 5.41 Å².